The van der Waals surface area contributed by atoms with E-state index in [1.807, 2.05) is 30.3 Å². The maximum Gasteiger partial charge on any atom is 0.264 e. The number of aliphatic hydroxyl groups is 1. The molecule has 0 saturated carbocycles. The monoisotopic (exact) mass is 394 g/mol. The summed E-state index contributed by atoms with van der Waals surface area (Å²) in [6, 6.07) is 15.4. The Labute approximate surface area is 165 Å². The van der Waals surface area contributed by atoms with Crippen LogP contribution >= 0.6 is 0 Å². The lowest BCUT2D eigenvalue weighted by molar-refractivity contribution is 0.0198. The molecule has 0 radical (unpaired) electrons. The third kappa shape index (κ3) is 4.23. The van der Waals surface area contributed by atoms with Gasteiger partial charge in [0, 0.05) is 0 Å². The molecule has 8 heteroatoms. The number of hydrogen-bond donors (Lipinski definition) is 1. The molecule has 4 aromatic rings. The highest BCUT2D eigenvalue weighted by molar-refractivity contribution is 5.74. The maximum absolute atomic E-state index is 13.1. The molecular formula is C21H19FN4O3. The molecule has 148 valence electrons. The third-order valence-electron chi connectivity index (χ3n) is 4.45. The SMILES string of the molecule is O=c1c2cnn(-c3ccc(F)cc3)c2ncn1CC(O)COCc1ccccc1. The van der Waals surface area contributed by atoms with Crippen molar-refractivity contribution in [2.45, 2.75) is 19.3 Å². The van der Waals surface area contributed by atoms with Gasteiger partial charge in [0.15, 0.2) is 5.65 Å². The minimum Gasteiger partial charge on any atom is -0.389 e. The van der Waals surface area contributed by atoms with Crippen molar-refractivity contribution in [3.05, 3.63) is 88.9 Å². The molecule has 0 spiro atoms. The number of halogens is 1. The van der Waals surface area contributed by atoms with E-state index < -0.39 is 6.10 Å². The van der Waals surface area contributed by atoms with Gasteiger partial charge in [0.1, 0.15) is 17.5 Å². The molecule has 1 N–H and O–H groups in total. The van der Waals surface area contributed by atoms with E-state index in [4.69, 9.17) is 4.74 Å². The maximum atomic E-state index is 13.1. The van der Waals surface area contributed by atoms with Gasteiger partial charge in [-0.2, -0.15) is 5.10 Å². The average Bonchev–Trinajstić information content (AvgIpc) is 3.16. The lowest BCUT2D eigenvalue weighted by Gasteiger charge is -2.13. The van der Waals surface area contributed by atoms with Gasteiger partial charge in [0.2, 0.25) is 0 Å². The molecule has 7 nitrogen and oxygen atoms in total. The molecule has 2 aromatic carbocycles. The van der Waals surface area contributed by atoms with Crippen molar-refractivity contribution in [2.24, 2.45) is 0 Å². The highest BCUT2D eigenvalue weighted by Gasteiger charge is 2.14. The first kappa shape index (κ1) is 19.0. The van der Waals surface area contributed by atoms with E-state index in [1.54, 1.807) is 12.1 Å². The van der Waals surface area contributed by atoms with Gasteiger partial charge < -0.3 is 9.84 Å². The number of rotatable bonds is 7. The number of benzene rings is 2. The quantitative estimate of drug-likeness (QED) is 0.520. The van der Waals surface area contributed by atoms with E-state index in [9.17, 15) is 14.3 Å². The van der Waals surface area contributed by atoms with Gasteiger partial charge in [-0.3, -0.25) is 9.36 Å². The van der Waals surface area contributed by atoms with Crippen LogP contribution in [0.1, 0.15) is 5.56 Å². The molecule has 0 aliphatic carbocycles. The van der Waals surface area contributed by atoms with Crippen LogP contribution in [0.5, 0.6) is 0 Å². The van der Waals surface area contributed by atoms with Crippen molar-refractivity contribution in [3.8, 4) is 5.69 Å². The molecule has 2 aromatic heterocycles. The Bertz CT molecular complexity index is 1160. The Kier molecular flexibility index (Phi) is 5.46. The Morgan fingerprint density at radius 2 is 1.86 bits per heavy atom. The molecule has 0 fully saturated rings. The Morgan fingerprint density at radius 1 is 1.10 bits per heavy atom. The first-order valence-corrected chi connectivity index (χ1v) is 9.10. The van der Waals surface area contributed by atoms with Crippen molar-refractivity contribution < 1.29 is 14.2 Å². The molecule has 0 aliphatic heterocycles. The highest BCUT2D eigenvalue weighted by atomic mass is 19.1. The summed E-state index contributed by atoms with van der Waals surface area (Å²) in [5, 5.41) is 14.7. The van der Waals surface area contributed by atoms with Gasteiger partial charge in [0.05, 0.1) is 37.7 Å². The van der Waals surface area contributed by atoms with Crippen LogP contribution in [0.4, 0.5) is 4.39 Å². The van der Waals surface area contributed by atoms with E-state index in [0.29, 0.717) is 23.3 Å². The topological polar surface area (TPSA) is 82.2 Å². The summed E-state index contributed by atoms with van der Waals surface area (Å²) in [4.78, 5) is 17.0. The van der Waals surface area contributed by atoms with E-state index in [-0.39, 0.29) is 24.5 Å². The molecule has 0 aliphatic rings. The summed E-state index contributed by atoms with van der Waals surface area (Å²) in [5.41, 5.74) is 1.66. The molecular weight excluding hydrogens is 375 g/mol. The molecule has 4 rings (SSSR count). The van der Waals surface area contributed by atoms with Gasteiger partial charge in [-0.15, -0.1) is 0 Å². The van der Waals surface area contributed by atoms with E-state index in [0.717, 1.165) is 5.56 Å². The fraction of sp³-hybridized carbons (Fsp3) is 0.190. The molecule has 0 amide bonds. The lowest BCUT2D eigenvalue weighted by Crippen LogP contribution is -2.29. The minimum atomic E-state index is -0.859. The summed E-state index contributed by atoms with van der Waals surface area (Å²) in [6.07, 6.45) is 1.93. The third-order valence-corrected chi connectivity index (χ3v) is 4.45. The molecule has 1 unspecified atom stereocenters. The van der Waals surface area contributed by atoms with Gasteiger partial charge in [-0.05, 0) is 29.8 Å². The number of nitrogens with zero attached hydrogens (tertiary/aromatic N) is 4. The summed E-state index contributed by atoms with van der Waals surface area (Å²) < 4.78 is 21.5. The summed E-state index contributed by atoms with van der Waals surface area (Å²) in [7, 11) is 0. The van der Waals surface area contributed by atoms with Crippen LogP contribution in [0.15, 0.2) is 71.9 Å². The Morgan fingerprint density at radius 3 is 2.62 bits per heavy atom. The Balaban J connectivity index is 1.46. The number of hydrogen-bond acceptors (Lipinski definition) is 5. The number of fused-ring (bicyclic) bond motifs is 1. The zero-order valence-electron chi connectivity index (χ0n) is 15.5. The summed E-state index contributed by atoms with van der Waals surface area (Å²) in [6.45, 7) is 0.529. The number of aliphatic hydroxyl groups excluding tert-OH is 1. The van der Waals surface area contributed by atoms with Crippen molar-refractivity contribution in [2.75, 3.05) is 6.61 Å². The molecule has 0 saturated heterocycles. The standard InChI is InChI=1S/C21H19FN4O3/c22-16-6-8-17(9-7-16)26-20-19(10-24-26)21(28)25(14-23-20)11-18(27)13-29-12-15-4-2-1-3-5-15/h1-10,14,18,27H,11-13H2. The smallest absolute Gasteiger partial charge is 0.264 e. The highest BCUT2D eigenvalue weighted by Crippen LogP contribution is 2.14. The van der Waals surface area contributed by atoms with Crippen LogP contribution < -0.4 is 5.56 Å². The predicted octanol–water partition coefficient (Wildman–Crippen LogP) is 2.30. The molecule has 0 bridgehead atoms. The van der Waals surface area contributed by atoms with Crippen molar-refractivity contribution in [1.82, 2.24) is 19.3 Å². The molecule has 29 heavy (non-hydrogen) atoms. The van der Waals surface area contributed by atoms with Crippen molar-refractivity contribution >= 4 is 11.0 Å². The largest absolute Gasteiger partial charge is 0.389 e. The summed E-state index contributed by atoms with van der Waals surface area (Å²) >= 11 is 0. The fourth-order valence-electron chi connectivity index (χ4n) is 3.02. The fourth-order valence-corrected chi connectivity index (χ4v) is 3.02. The van der Waals surface area contributed by atoms with Crippen LogP contribution in [0.3, 0.4) is 0 Å². The normalized spacial score (nSPS) is 12.3. The summed E-state index contributed by atoms with van der Waals surface area (Å²) in [5.74, 6) is -0.357. The molecule has 1 atom stereocenters. The minimum absolute atomic E-state index is 0.0539. The number of aromatic nitrogens is 4. The average molecular weight is 394 g/mol. The van der Waals surface area contributed by atoms with Gasteiger partial charge in [0.25, 0.3) is 5.56 Å². The first-order chi connectivity index (χ1) is 14.1. The molecule has 2 heterocycles. The lowest BCUT2D eigenvalue weighted by atomic mass is 10.2. The van der Waals surface area contributed by atoms with Gasteiger partial charge in [-0.25, -0.2) is 14.1 Å². The van der Waals surface area contributed by atoms with Gasteiger partial charge in [-0.1, -0.05) is 30.3 Å². The second-order valence-electron chi connectivity index (χ2n) is 6.63. The van der Waals surface area contributed by atoms with Crippen LogP contribution in [-0.2, 0) is 17.9 Å². The second-order valence-corrected chi connectivity index (χ2v) is 6.63. The Hall–Kier alpha value is -3.36. The zero-order chi connectivity index (χ0) is 20.2. The van der Waals surface area contributed by atoms with E-state index in [1.165, 1.54) is 33.9 Å². The number of ether oxygens (including phenoxy) is 1. The van der Waals surface area contributed by atoms with Crippen molar-refractivity contribution in [1.29, 1.82) is 0 Å². The van der Waals surface area contributed by atoms with Crippen molar-refractivity contribution in [3.63, 3.8) is 0 Å². The van der Waals surface area contributed by atoms with Gasteiger partial charge >= 0.3 is 0 Å². The second kappa shape index (κ2) is 8.34. The first-order valence-electron chi connectivity index (χ1n) is 9.10. The predicted molar refractivity (Wildman–Crippen MR) is 105 cm³/mol. The van der Waals surface area contributed by atoms with Crippen LogP contribution in [0.2, 0.25) is 0 Å². The van der Waals surface area contributed by atoms with E-state index >= 15 is 0 Å². The van der Waals surface area contributed by atoms with E-state index in [2.05, 4.69) is 10.1 Å². The zero-order valence-corrected chi connectivity index (χ0v) is 15.5. The van der Waals surface area contributed by atoms with Crippen LogP contribution in [-0.4, -0.2) is 37.1 Å². The van der Waals surface area contributed by atoms with Crippen LogP contribution in [0, 0.1) is 5.82 Å². The van der Waals surface area contributed by atoms with Crippen LogP contribution in [0.25, 0.3) is 16.7 Å².